The van der Waals surface area contributed by atoms with Gasteiger partial charge in [-0.15, -0.1) is 0 Å². The van der Waals surface area contributed by atoms with Gasteiger partial charge in [-0.3, -0.25) is 9.69 Å². The van der Waals surface area contributed by atoms with Gasteiger partial charge in [-0.25, -0.2) is 0 Å². The molecule has 0 radical (unpaired) electrons. The van der Waals surface area contributed by atoms with Gasteiger partial charge < -0.3 is 9.64 Å². The molecule has 1 saturated carbocycles. The van der Waals surface area contributed by atoms with Crippen LogP contribution in [-0.4, -0.2) is 48.0 Å². The summed E-state index contributed by atoms with van der Waals surface area (Å²) >= 11 is 0. The Hall–Kier alpha value is -1.55. The Morgan fingerprint density at radius 1 is 0.964 bits per heavy atom. The van der Waals surface area contributed by atoms with E-state index in [-0.39, 0.29) is 0 Å². The number of ether oxygens (including phenoxy) is 1. The fourth-order valence-electron chi connectivity index (χ4n) is 5.16. The molecular formula is C24H36N2O2. The van der Waals surface area contributed by atoms with Gasteiger partial charge >= 0.3 is 0 Å². The maximum atomic E-state index is 12.4. The van der Waals surface area contributed by atoms with Crippen molar-refractivity contribution in [1.82, 2.24) is 9.80 Å². The third-order valence-electron chi connectivity index (χ3n) is 6.79. The summed E-state index contributed by atoms with van der Waals surface area (Å²) < 4.78 is 6.33. The largest absolute Gasteiger partial charge is 0.490 e. The summed E-state index contributed by atoms with van der Waals surface area (Å²) in [5.41, 5.74) is 1.32. The number of hydrogen-bond donors (Lipinski definition) is 0. The first kappa shape index (κ1) is 19.8. The molecule has 28 heavy (non-hydrogen) atoms. The van der Waals surface area contributed by atoms with Crippen LogP contribution in [0.3, 0.4) is 0 Å². The number of carbonyl (C=O) groups excluding carboxylic acids is 1. The van der Waals surface area contributed by atoms with Crippen LogP contribution in [0.2, 0.25) is 0 Å². The van der Waals surface area contributed by atoms with Crippen molar-refractivity contribution in [2.75, 3.05) is 26.2 Å². The average molecular weight is 385 g/mol. The standard InChI is InChI=1S/C24H36N2O2/c27-24(26-16-5-6-17-26)14-13-20-8-7-15-25(18-20)19-21-9-1-4-12-23(21)28-22-10-2-3-11-22/h1,4,9,12,20,22H,2-3,5-8,10-11,13-19H2. The summed E-state index contributed by atoms with van der Waals surface area (Å²) in [4.78, 5) is 17.0. The number of amides is 1. The SMILES string of the molecule is O=C(CCC1CCCN(Cc2ccccc2OC2CCCC2)C1)N1CCCC1. The molecule has 1 amide bonds. The van der Waals surface area contributed by atoms with Gasteiger partial charge in [0.15, 0.2) is 0 Å². The van der Waals surface area contributed by atoms with Gasteiger partial charge in [0.25, 0.3) is 0 Å². The van der Waals surface area contributed by atoms with Crippen LogP contribution in [0.4, 0.5) is 0 Å². The monoisotopic (exact) mass is 384 g/mol. The lowest BCUT2D eigenvalue weighted by Gasteiger charge is -2.33. The fourth-order valence-corrected chi connectivity index (χ4v) is 5.16. The van der Waals surface area contributed by atoms with Crippen molar-refractivity contribution in [1.29, 1.82) is 0 Å². The van der Waals surface area contributed by atoms with Crippen molar-refractivity contribution in [2.45, 2.75) is 76.9 Å². The summed E-state index contributed by atoms with van der Waals surface area (Å²) in [5.74, 6) is 2.12. The highest BCUT2D eigenvalue weighted by Gasteiger charge is 2.24. The Balaban J connectivity index is 1.28. The first-order valence-electron chi connectivity index (χ1n) is 11.5. The zero-order valence-electron chi connectivity index (χ0n) is 17.3. The van der Waals surface area contributed by atoms with E-state index in [0.29, 0.717) is 17.9 Å². The minimum Gasteiger partial charge on any atom is -0.490 e. The van der Waals surface area contributed by atoms with E-state index in [1.54, 1.807) is 0 Å². The summed E-state index contributed by atoms with van der Waals surface area (Å²) in [6, 6.07) is 8.60. The molecule has 4 rings (SSSR count). The highest BCUT2D eigenvalue weighted by Crippen LogP contribution is 2.29. The first-order chi connectivity index (χ1) is 13.8. The fraction of sp³-hybridized carbons (Fsp3) is 0.708. The highest BCUT2D eigenvalue weighted by atomic mass is 16.5. The number of benzene rings is 1. The number of piperidine rings is 1. The Labute approximate surface area is 170 Å². The number of para-hydroxylation sites is 1. The normalized spacial score (nSPS) is 24.0. The van der Waals surface area contributed by atoms with Crippen LogP contribution in [-0.2, 0) is 11.3 Å². The predicted molar refractivity (Wildman–Crippen MR) is 112 cm³/mol. The van der Waals surface area contributed by atoms with Crippen LogP contribution in [0, 0.1) is 5.92 Å². The molecular weight excluding hydrogens is 348 g/mol. The zero-order valence-corrected chi connectivity index (χ0v) is 17.3. The van der Waals surface area contributed by atoms with E-state index in [1.165, 1.54) is 56.9 Å². The summed E-state index contributed by atoms with van der Waals surface area (Å²) in [6.45, 7) is 5.21. The topological polar surface area (TPSA) is 32.8 Å². The van der Waals surface area contributed by atoms with Crippen molar-refractivity contribution < 1.29 is 9.53 Å². The second-order valence-corrected chi connectivity index (χ2v) is 9.00. The lowest BCUT2D eigenvalue weighted by Crippen LogP contribution is -2.36. The second-order valence-electron chi connectivity index (χ2n) is 9.00. The number of likely N-dealkylation sites (tertiary alicyclic amines) is 2. The Bertz CT molecular complexity index is 635. The molecule has 154 valence electrons. The summed E-state index contributed by atoms with van der Waals surface area (Å²) in [5, 5.41) is 0. The highest BCUT2D eigenvalue weighted by molar-refractivity contribution is 5.76. The van der Waals surface area contributed by atoms with Gasteiger partial charge in [0.2, 0.25) is 5.91 Å². The van der Waals surface area contributed by atoms with E-state index in [0.717, 1.165) is 51.3 Å². The lowest BCUT2D eigenvalue weighted by atomic mass is 9.93. The minimum atomic E-state index is 0.380. The van der Waals surface area contributed by atoms with E-state index >= 15 is 0 Å². The summed E-state index contributed by atoms with van der Waals surface area (Å²) in [7, 11) is 0. The quantitative estimate of drug-likeness (QED) is 0.687. The third-order valence-corrected chi connectivity index (χ3v) is 6.79. The Morgan fingerprint density at radius 3 is 2.57 bits per heavy atom. The van der Waals surface area contributed by atoms with Crippen LogP contribution < -0.4 is 4.74 Å². The molecule has 0 aromatic heterocycles. The second kappa shape index (κ2) is 9.78. The first-order valence-corrected chi connectivity index (χ1v) is 11.5. The van der Waals surface area contributed by atoms with Crippen molar-refractivity contribution in [3.05, 3.63) is 29.8 Å². The van der Waals surface area contributed by atoms with Crippen molar-refractivity contribution in [2.24, 2.45) is 5.92 Å². The van der Waals surface area contributed by atoms with E-state index in [2.05, 4.69) is 34.1 Å². The smallest absolute Gasteiger partial charge is 0.222 e. The van der Waals surface area contributed by atoms with Gasteiger partial charge in [0, 0.05) is 38.2 Å². The minimum absolute atomic E-state index is 0.380. The van der Waals surface area contributed by atoms with E-state index in [9.17, 15) is 4.79 Å². The number of carbonyl (C=O) groups is 1. The van der Waals surface area contributed by atoms with Crippen LogP contribution >= 0.6 is 0 Å². The number of nitrogens with zero attached hydrogens (tertiary/aromatic N) is 2. The number of hydrogen-bond acceptors (Lipinski definition) is 3. The van der Waals surface area contributed by atoms with Crippen molar-refractivity contribution in [3.63, 3.8) is 0 Å². The van der Waals surface area contributed by atoms with Crippen LogP contribution in [0.5, 0.6) is 5.75 Å². The third kappa shape index (κ3) is 5.28. The molecule has 0 bridgehead atoms. The maximum absolute atomic E-state index is 12.4. The van der Waals surface area contributed by atoms with Gasteiger partial charge in [0.1, 0.15) is 5.75 Å². The molecule has 2 saturated heterocycles. The van der Waals surface area contributed by atoms with E-state index in [4.69, 9.17) is 4.74 Å². The molecule has 3 aliphatic rings. The molecule has 1 atom stereocenters. The van der Waals surface area contributed by atoms with Crippen molar-refractivity contribution >= 4 is 5.91 Å². The van der Waals surface area contributed by atoms with E-state index in [1.807, 2.05) is 0 Å². The molecule has 1 aliphatic carbocycles. The summed E-state index contributed by atoms with van der Waals surface area (Å²) in [6.07, 6.45) is 12.1. The molecule has 4 nitrogen and oxygen atoms in total. The molecule has 0 N–H and O–H groups in total. The molecule has 0 spiro atoms. The molecule has 3 fully saturated rings. The molecule has 4 heteroatoms. The zero-order chi connectivity index (χ0) is 19.2. The van der Waals surface area contributed by atoms with Crippen LogP contribution in [0.15, 0.2) is 24.3 Å². The Morgan fingerprint density at radius 2 is 1.75 bits per heavy atom. The van der Waals surface area contributed by atoms with Gasteiger partial charge in [-0.1, -0.05) is 18.2 Å². The van der Waals surface area contributed by atoms with Crippen LogP contribution in [0.1, 0.15) is 69.8 Å². The van der Waals surface area contributed by atoms with Gasteiger partial charge in [-0.05, 0) is 76.3 Å². The average Bonchev–Trinajstić information content (AvgIpc) is 3.42. The molecule has 2 heterocycles. The Kier molecular flexibility index (Phi) is 6.90. The predicted octanol–water partition coefficient (Wildman–Crippen LogP) is 4.62. The molecule has 2 aliphatic heterocycles. The molecule has 1 unspecified atom stereocenters. The number of rotatable bonds is 7. The van der Waals surface area contributed by atoms with Crippen LogP contribution in [0.25, 0.3) is 0 Å². The molecule has 1 aromatic carbocycles. The van der Waals surface area contributed by atoms with Crippen molar-refractivity contribution in [3.8, 4) is 5.75 Å². The molecule has 1 aromatic rings. The van der Waals surface area contributed by atoms with Gasteiger partial charge in [0.05, 0.1) is 6.10 Å². The van der Waals surface area contributed by atoms with Gasteiger partial charge in [-0.2, -0.15) is 0 Å². The lowest BCUT2D eigenvalue weighted by molar-refractivity contribution is -0.130. The maximum Gasteiger partial charge on any atom is 0.222 e. The van der Waals surface area contributed by atoms with E-state index < -0.39 is 0 Å².